The van der Waals surface area contributed by atoms with Crippen LogP contribution in [0, 0.1) is 13.8 Å². The molecule has 1 aliphatic rings. The van der Waals surface area contributed by atoms with E-state index in [-0.39, 0.29) is 18.3 Å². The molecule has 2 aromatic rings. The lowest BCUT2D eigenvalue weighted by Gasteiger charge is -2.24. The topological polar surface area (TPSA) is 50.2 Å². The summed E-state index contributed by atoms with van der Waals surface area (Å²) in [5.74, 6) is 0.142. The molecule has 6 heteroatoms. The van der Waals surface area contributed by atoms with Crippen LogP contribution < -0.4 is 5.32 Å². The maximum absolute atomic E-state index is 12.9. The van der Waals surface area contributed by atoms with Gasteiger partial charge in [-0.2, -0.15) is 5.10 Å². The summed E-state index contributed by atoms with van der Waals surface area (Å²) in [7, 11) is 1.94. The van der Waals surface area contributed by atoms with E-state index in [1.165, 1.54) is 0 Å². The lowest BCUT2D eigenvalue weighted by molar-refractivity contribution is 0.0737. The second kappa shape index (κ2) is 8.50. The Labute approximate surface area is 155 Å². The summed E-state index contributed by atoms with van der Waals surface area (Å²) >= 11 is 0. The Balaban J connectivity index is 0.00000225. The molecule has 1 saturated heterocycles. The first-order valence-corrected chi connectivity index (χ1v) is 8.64. The number of likely N-dealkylation sites (N-methyl/N-ethyl adjacent to an activating group) is 1. The molecule has 0 aliphatic carbocycles. The normalized spacial score (nSPS) is 16.8. The summed E-state index contributed by atoms with van der Waals surface area (Å²) < 4.78 is 1.98. The van der Waals surface area contributed by atoms with Crippen LogP contribution in [0.5, 0.6) is 0 Å². The second-order valence-corrected chi connectivity index (χ2v) is 6.64. The number of aromatic nitrogens is 2. The second-order valence-electron chi connectivity index (χ2n) is 6.64. The van der Waals surface area contributed by atoms with Crippen molar-refractivity contribution in [3.8, 4) is 0 Å². The zero-order valence-electron chi connectivity index (χ0n) is 15.2. The molecule has 5 nitrogen and oxygen atoms in total. The fourth-order valence-electron chi connectivity index (χ4n) is 3.53. The van der Waals surface area contributed by atoms with Crippen molar-refractivity contribution in [2.45, 2.75) is 39.3 Å². The molecule has 0 radical (unpaired) electrons. The molecule has 1 N–H and O–H groups in total. The fourth-order valence-corrected chi connectivity index (χ4v) is 3.53. The van der Waals surface area contributed by atoms with Crippen molar-refractivity contribution in [1.29, 1.82) is 0 Å². The molecule has 1 amide bonds. The monoisotopic (exact) mass is 362 g/mol. The number of nitrogens with one attached hydrogen (secondary N) is 1. The number of carbonyl (C=O) groups excluding carboxylic acids is 1. The maximum atomic E-state index is 12.9. The van der Waals surface area contributed by atoms with Gasteiger partial charge in [-0.1, -0.05) is 12.1 Å². The minimum Gasteiger partial charge on any atom is -0.334 e. The molecular formula is C19H27ClN4O. The van der Waals surface area contributed by atoms with Gasteiger partial charge in [0.25, 0.3) is 5.91 Å². The van der Waals surface area contributed by atoms with Gasteiger partial charge < -0.3 is 10.2 Å². The van der Waals surface area contributed by atoms with Crippen LogP contribution in [0.25, 0.3) is 0 Å². The van der Waals surface area contributed by atoms with Crippen LogP contribution in [-0.4, -0.2) is 46.8 Å². The summed E-state index contributed by atoms with van der Waals surface area (Å²) in [4.78, 5) is 14.9. The standard InChI is InChI=1S/C19H26N4O.ClH/c1-14-10-15(2)23(21-14)13-16-6-4-7-17(11-16)19(24)22-9-5-8-18(22)12-20-3;/h4,6-7,10-11,18,20H,5,8-9,12-13H2,1-3H3;1H. The van der Waals surface area contributed by atoms with Crippen LogP contribution in [0.3, 0.4) is 0 Å². The van der Waals surface area contributed by atoms with Gasteiger partial charge in [0.05, 0.1) is 12.2 Å². The summed E-state index contributed by atoms with van der Waals surface area (Å²) in [6.45, 7) is 6.46. The number of halogens is 1. The third-order valence-electron chi connectivity index (χ3n) is 4.69. The first-order valence-electron chi connectivity index (χ1n) is 8.64. The van der Waals surface area contributed by atoms with E-state index >= 15 is 0 Å². The zero-order chi connectivity index (χ0) is 17.1. The first kappa shape index (κ1) is 19.5. The Morgan fingerprint density at radius 1 is 1.32 bits per heavy atom. The van der Waals surface area contributed by atoms with Gasteiger partial charge in [-0.25, -0.2) is 0 Å². The molecule has 136 valence electrons. The van der Waals surface area contributed by atoms with Crippen LogP contribution in [0.2, 0.25) is 0 Å². The lowest BCUT2D eigenvalue weighted by atomic mass is 10.1. The van der Waals surface area contributed by atoms with Gasteiger partial charge in [0.2, 0.25) is 0 Å². The van der Waals surface area contributed by atoms with Crippen molar-refractivity contribution in [1.82, 2.24) is 20.0 Å². The van der Waals surface area contributed by atoms with E-state index in [2.05, 4.69) is 29.5 Å². The molecule has 1 fully saturated rings. The van der Waals surface area contributed by atoms with Crippen LogP contribution in [0.15, 0.2) is 30.3 Å². The van der Waals surface area contributed by atoms with Gasteiger partial charge in [-0.05, 0) is 57.5 Å². The average molecular weight is 363 g/mol. The van der Waals surface area contributed by atoms with E-state index in [0.717, 1.165) is 48.4 Å². The Hall–Kier alpha value is -1.85. The highest BCUT2D eigenvalue weighted by Gasteiger charge is 2.28. The molecule has 25 heavy (non-hydrogen) atoms. The van der Waals surface area contributed by atoms with E-state index in [1.807, 2.05) is 41.8 Å². The zero-order valence-corrected chi connectivity index (χ0v) is 16.0. The Morgan fingerprint density at radius 3 is 2.80 bits per heavy atom. The third kappa shape index (κ3) is 4.41. The Bertz CT molecular complexity index is 728. The molecule has 2 heterocycles. The van der Waals surface area contributed by atoms with E-state index in [0.29, 0.717) is 12.6 Å². The molecule has 1 aromatic heterocycles. The van der Waals surface area contributed by atoms with Gasteiger partial charge in [0, 0.05) is 30.4 Å². The van der Waals surface area contributed by atoms with E-state index in [9.17, 15) is 4.79 Å². The van der Waals surface area contributed by atoms with Crippen molar-refractivity contribution in [3.63, 3.8) is 0 Å². The van der Waals surface area contributed by atoms with Gasteiger partial charge in [-0.15, -0.1) is 12.4 Å². The number of nitrogens with zero attached hydrogens (tertiary/aromatic N) is 3. The number of rotatable bonds is 5. The summed E-state index contributed by atoms with van der Waals surface area (Å²) in [6, 6.07) is 10.3. The molecule has 0 saturated carbocycles. The smallest absolute Gasteiger partial charge is 0.254 e. The van der Waals surface area contributed by atoms with Crippen molar-refractivity contribution >= 4 is 18.3 Å². The van der Waals surface area contributed by atoms with E-state index in [1.54, 1.807) is 0 Å². The lowest BCUT2D eigenvalue weighted by Crippen LogP contribution is -2.40. The largest absolute Gasteiger partial charge is 0.334 e. The highest BCUT2D eigenvalue weighted by atomic mass is 35.5. The Kier molecular flexibility index (Phi) is 6.62. The molecule has 1 aromatic carbocycles. The van der Waals surface area contributed by atoms with Crippen molar-refractivity contribution < 1.29 is 4.79 Å². The van der Waals surface area contributed by atoms with E-state index in [4.69, 9.17) is 0 Å². The number of likely N-dealkylation sites (tertiary alicyclic amines) is 1. The predicted molar refractivity (Wildman–Crippen MR) is 102 cm³/mol. The minimum absolute atomic E-state index is 0. The minimum atomic E-state index is 0. The number of carbonyl (C=O) groups is 1. The molecular weight excluding hydrogens is 336 g/mol. The van der Waals surface area contributed by atoms with Crippen LogP contribution in [0.1, 0.15) is 40.2 Å². The summed E-state index contributed by atoms with van der Waals surface area (Å²) in [6.07, 6.45) is 2.17. The van der Waals surface area contributed by atoms with Crippen molar-refractivity contribution in [2.75, 3.05) is 20.1 Å². The Morgan fingerprint density at radius 2 is 2.12 bits per heavy atom. The molecule has 0 spiro atoms. The maximum Gasteiger partial charge on any atom is 0.254 e. The van der Waals surface area contributed by atoms with Gasteiger partial charge in [0.15, 0.2) is 0 Å². The number of aryl methyl sites for hydroxylation is 2. The first-order chi connectivity index (χ1) is 11.6. The molecule has 1 aliphatic heterocycles. The van der Waals surface area contributed by atoms with Crippen LogP contribution in [0.4, 0.5) is 0 Å². The molecule has 3 rings (SSSR count). The number of benzene rings is 1. The van der Waals surface area contributed by atoms with Gasteiger partial charge in [-0.3, -0.25) is 9.48 Å². The molecule has 1 atom stereocenters. The molecule has 0 bridgehead atoms. The highest BCUT2D eigenvalue weighted by Crippen LogP contribution is 2.20. The number of hydrogen-bond donors (Lipinski definition) is 1. The molecule has 1 unspecified atom stereocenters. The fraction of sp³-hybridized carbons (Fsp3) is 0.474. The van der Waals surface area contributed by atoms with Crippen molar-refractivity contribution in [2.24, 2.45) is 0 Å². The highest BCUT2D eigenvalue weighted by molar-refractivity contribution is 5.94. The predicted octanol–water partition coefficient (Wildman–Crippen LogP) is 2.79. The van der Waals surface area contributed by atoms with E-state index < -0.39 is 0 Å². The van der Waals surface area contributed by atoms with Crippen molar-refractivity contribution in [3.05, 3.63) is 52.8 Å². The number of hydrogen-bond acceptors (Lipinski definition) is 3. The number of amides is 1. The summed E-state index contributed by atoms with van der Waals surface area (Å²) in [5, 5.41) is 7.70. The third-order valence-corrected chi connectivity index (χ3v) is 4.69. The quantitative estimate of drug-likeness (QED) is 0.889. The van der Waals surface area contributed by atoms with Gasteiger partial charge in [0.1, 0.15) is 0 Å². The summed E-state index contributed by atoms with van der Waals surface area (Å²) in [5.41, 5.74) is 4.04. The average Bonchev–Trinajstić information content (AvgIpc) is 3.14. The SMILES string of the molecule is CNCC1CCCN1C(=O)c1cccc(Cn2nc(C)cc2C)c1.Cl. The van der Waals surface area contributed by atoms with Gasteiger partial charge >= 0.3 is 0 Å². The van der Waals surface area contributed by atoms with Crippen LogP contribution >= 0.6 is 12.4 Å². The van der Waals surface area contributed by atoms with Crippen LogP contribution in [-0.2, 0) is 6.54 Å².